The van der Waals surface area contributed by atoms with Crippen LogP contribution >= 0.6 is 22.9 Å². The summed E-state index contributed by atoms with van der Waals surface area (Å²) in [6.45, 7) is 1.43. The van der Waals surface area contributed by atoms with Crippen molar-refractivity contribution in [2.45, 2.75) is 6.92 Å². The molecule has 0 spiro atoms. The Morgan fingerprint density at radius 2 is 1.91 bits per heavy atom. The van der Waals surface area contributed by atoms with Crippen LogP contribution in [0.15, 0.2) is 53.4 Å². The number of hydrogen-bond acceptors (Lipinski definition) is 7. The lowest BCUT2D eigenvalue weighted by atomic mass is 10.2. The Hall–Kier alpha value is -3.87. The Bertz CT molecular complexity index is 1250. The van der Waals surface area contributed by atoms with Gasteiger partial charge in [0, 0.05) is 18.0 Å². The summed E-state index contributed by atoms with van der Waals surface area (Å²) in [5, 5.41) is 14.5. The molecule has 2 amide bonds. The SMILES string of the molecule is COc1ccc(N(C(C)=O)c2nc(/C=C(\C#N)C(=O)Nc3ccc(OC)c(Cl)c3)cs2)cc1. The molecule has 1 heterocycles. The van der Waals surface area contributed by atoms with Crippen LogP contribution in [-0.2, 0) is 9.59 Å². The normalized spacial score (nSPS) is 10.8. The van der Waals surface area contributed by atoms with Crippen molar-refractivity contribution >= 4 is 57.3 Å². The number of nitrogens with one attached hydrogen (secondary N) is 1. The van der Waals surface area contributed by atoms with Gasteiger partial charge in [-0.1, -0.05) is 11.6 Å². The molecule has 0 aliphatic carbocycles. The van der Waals surface area contributed by atoms with Crippen LogP contribution in [-0.4, -0.2) is 31.0 Å². The largest absolute Gasteiger partial charge is 0.497 e. The molecule has 1 N–H and O–H groups in total. The average Bonchev–Trinajstić information content (AvgIpc) is 3.25. The van der Waals surface area contributed by atoms with Gasteiger partial charge in [0.1, 0.15) is 23.1 Å². The Morgan fingerprint density at radius 1 is 1.18 bits per heavy atom. The molecule has 0 fully saturated rings. The van der Waals surface area contributed by atoms with Gasteiger partial charge in [-0.05, 0) is 48.5 Å². The van der Waals surface area contributed by atoms with Crippen LogP contribution in [0.5, 0.6) is 11.5 Å². The number of thiazole rings is 1. The van der Waals surface area contributed by atoms with E-state index >= 15 is 0 Å². The Balaban J connectivity index is 1.82. The number of anilines is 3. The number of rotatable bonds is 7. The van der Waals surface area contributed by atoms with Crippen molar-refractivity contribution in [3.63, 3.8) is 0 Å². The van der Waals surface area contributed by atoms with Gasteiger partial charge >= 0.3 is 0 Å². The molecular formula is C23H19ClN4O4S. The third-order valence-corrected chi connectivity index (χ3v) is 5.55. The molecule has 0 aliphatic heterocycles. The van der Waals surface area contributed by atoms with Gasteiger partial charge in [-0.15, -0.1) is 11.3 Å². The second kappa shape index (κ2) is 10.6. The summed E-state index contributed by atoms with van der Waals surface area (Å²) in [5.74, 6) is 0.270. The fraction of sp³-hybridized carbons (Fsp3) is 0.130. The van der Waals surface area contributed by atoms with E-state index in [1.807, 2.05) is 6.07 Å². The molecule has 10 heteroatoms. The maximum absolute atomic E-state index is 12.6. The number of nitriles is 1. The second-order valence-electron chi connectivity index (χ2n) is 6.58. The number of halogens is 1. The predicted molar refractivity (Wildman–Crippen MR) is 128 cm³/mol. The lowest BCUT2D eigenvalue weighted by molar-refractivity contribution is -0.116. The quantitative estimate of drug-likeness (QED) is 0.373. The number of carbonyl (C=O) groups excluding carboxylic acids is 2. The van der Waals surface area contributed by atoms with Crippen LogP contribution in [0.3, 0.4) is 0 Å². The maximum atomic E-state index is 12.6. The smallest absolute Gasteiger partial charge is 0.266 e. The van der Waals surface area contributed by atoms with Gasteiger partial charge in [0.2, 0.25) is 5.91 Å². The fourth-order valence-electron chi connectivity index (χ4n) is 2.84. The molecule has 0 saturated heterocycles. The minimum absolute atomic E-state index is 0.155. The summed E-state index contributed by atoms with van der Waals surface area (Å²) in [6, 6.07) is 13.6. The molecule has 0 atom stereocenters. The Morgan fingerprint density at radius 3 is 2.48 bits per heavy atom. The predicted octanol–water partition coefficient (Wildman–Crippen LogP) is 5.04. The highest BCUT2D eigenvalue weighted by atomic mass is 35.5. The van der Waals surface area contributed by atoms with Gasteiger partial charge in [-0.3, -0.25) is 14.5 Å². The van der Waals surface area contributed by atoms with Gasteiger partial charge in [0.05, 0.1) is 30.6 Å². The van der Waals surface area contributed by atoms with E-state index in [4.69, 9.17) is 21.1 Å². The molecular weight excluding hydrogens is 464 g/mol. The van der Waals surface area contributed by atoms with Crippen molar-refractivity contribution in [3.05, 3.63) is 64.1 Å². The van der Waals surface area contributed by atoms with Crippen LogP contribution in [0.1, 0.15) is 12.6 Å². The first-order chi connectivity index (χ1) is 15.9. The third kappa shape index (κ3) is 5.68. The lowest BCUT2D eigenvalue weighted by Crippen LogP contribution is -2.22. The van der Waals surface area contributed by atoms with Crippen LogP contribution in [0, 0.1) is 11.3 Å². The molecule has 0 saturated carbocycles. The Labute approximate surface area is 199 Å². The van der Waals surface area contributed by atoms with Gasteiger partial charge in [-0.25, -0.2) is 4.98 Å². The minimum Gasteiger partial charge on any atom is -0.497 e. The number of benzene rings is 2. The Kier molecular flexibility index (Phi) is 7.66. The van der Waals surface area contributed by atoms with Crippen molar-refractivity contribution in [2.75, 3.05) is 24.4 Å². The van der Waals surface area contributed by atoms with Crippen LogP contribution in [0.25, 0.3) is 6.08 Å². The molecule has 0 aliphatic rings. The standard InChI is InChI=1S/C23H19ClN4O4S/c1-14(29)28(18-5-7-19(31-2)8-6-18)23-27-17(13-33-23)10-15(12-25)22(30)26-16-4-9-21(32-3)20(24)11-16/h4-11,13H,1-3H3,(H,26,30)/b15-10+. The summed E-state index contributed by atoms with van der Waals surface area (Å²) >= 11 is 7.29. The molecule has 33 heavy (non-hydrogen) atoms. The molecule has 2 aromatic carbocycles. The van der Waals surface area contributed by atoms with E-state index in [-0.39, 0.29) is 11.5 Å². The van der Waals surface area contributed by atoms with Gasteiger partial charge in [0.15, 0.2) is 5.13 Å². The summed E-state index contributed by atoms with van der Waals surface area (Å²) in [6.07, 6.45) is 1.35. The second-order valence-corrected chi connectivity index (χ2v) is 7.82. The molecule has 0 bridgehead atoms. The topological polar surface area (TPSA) is 105 Å². The number of amides is 2. The van der Waals surface area contributed by atoms with E-state index in [1.165, 1.54) is 42.4 Å². The summed E-state index contributed by atoms with van der Waals surface area (Å²) in [7, 11) is 3.04. The highest BCUT2D eigenvalue weighted by Gasteiger charge is 2.19. The zero-order chi connectivity index (χ0) is 24.0. The number of aromatic nitrogens is 1. The molecule has 3 aromatic rings. The number of carbonyl (C=O) groups is 2. The highest BCUT2D eigenvalue weighted by molar-refractivity contribution is 7.14. The molecule has 168 valence electrons. The van der Waals surface area contributed by atoms with E-state index < -0.39 is 5.91 Å². The maximum Gasteiger partial charge on any atom is 0.266 e. The first kappa shape index (κ1) is 23.8. The number of ether oxygens (including phenoxy) is 2. The van der Waals surface area contributed by atoms with E-state index in [0.29, 0.717) is 38.7 Å². The first-order valence-electron chi connectivity index (χ1n) is 9.53. The fourth-order valence-corrected chi connectivity index (χ4v) is 3.94. The first-order valence-corrected chi connectivity index (χ1v) is 10.8. The average molecular weight is 483 g/mol. The number of methoxy groups -OCH3 is 2. The zero-order valence-corrected chi connectivity index (χ0v) is 19.5. The summed E-state index contributed by atoms with van der Waals surface area (Å²) < 4.78 is 10.2. The van der Waals surface area contributed by atoms with E-state index in [0.717, 1.165) is 0 Å². The molecule has 0 radical (unpaired) electrons. The van der Waals surface area contributed by atoms with Crippen molar-refractivity contribution in [2.24, 2.45) is 0 Å². The monoisotopic (exact) mass is 482 g/mol. The van der Waals surface area contributed by atoms with Gasteiger partial charge in [0.25, 0.3) is 5.91 Å². The highest BCUT2D eigenvalue weighted by Crippen LogP contribution is 2.31. The summed E-state index contributed by atoms with van der Waals surface area (Å²) in [5.41, 5.74) is 1.24. The molecule has 8 nitrogen and oxygen atoms in total. The van der Waals surface area contributed by atoms with Gasteiger partial charge in [-0.2, -0.15) is 5.26 Å². The van der Waals surface area contributed by atoms with E-state index in [2.05, 4.69) is 10.3 Å². The third-order valence-electron chi connectivity index (χ3n) is 4.41. The van der Waals surface area contributed by atoms with Gasteiger partial charge < -0.3 is 14.8 Å². The van der Waals surface area contributed by atoms with Crippen LogP contribution in [0.4, 0.5) is 16.5 Å². The summed E-state index contributed by atoms with van der Waals surface area (Å²) in [4.78, 5) is 30.7. The minimum atomic E-state index is -0.619. The molecule has 1 aromatic heterocycles. The number of nitrogens with zero attached hydrogens (tertiary/aromatic N) is 3. The van der Waals surface area contributed by atoms with E-state index in [1.54, 1.807) is 48.9 Å². The van der Waals surface area contributed by atoms with Crippen molar-refractivity contribution in [1.29, 1.82) is 5.26 Å². The molecule has 3 rings (SSSR count). The van der Waals surface area contributed by atoms with Crippen molar-refractivity contribution in [1.82, 2.24) is 4.98 Å². The number of hydrogen-bond donors (Lipinski definition) is 1. The molecule has 0 unspecified atom stereocenters. The van der Waals surface area contributed by atoms with Crippen LogP contribution in [0.2, 0.25) is 5.02 Å². The van der Waals surface area contributed by atoms with Crippen molar-refractivity contribution in [3.8, 4) is 17.6 Å². The van der Waals surface area contributed by atoms with Crippen LogP contribution < -0.4 is 19.7 Å². The van der Waals surface area contributed by atoms with Crippen molar-refractivity contribution < 1.29 is 19.1 Å². The zero-order valence-electron chi connectivity index (χ0n) is 18.0. The van der Waals surface area contributed by atoms with E-state index in [9.17, 15) is 14.9 Å². The lowest BCUT2D eigenvalue weighted by Gasteiger charge is -2.18.